The van der Waals surface area contributed by atoms with Crippen molar-refractivity contribution in [2.24, 2.45) is 0 Å². The topological polar surface area (TPSA) is 34.4 Å². The van der Waals surface area contributed by atoms with Crippen LogP contribution >= 0.6 is 0 Å². The SMILES string of the molecule is O=c1c2cc(-c3ccccc3)ccc2nc2c3cc(-c4ccccc4)ccc3c3cc(-c4ccccc4)ccc3n12. The third kappa shape index (κ3) is 3.82. The number of nitrogens with zero attached hydrogens (tertiary/aromatic N) is 2. The van der Waals surface area contributed by atoms with Crippen LogP contribution in [0.25, 0.3) is 71.6 Å². The Morgan fingerprint density at radius 3 is 1.49 bits per heavy atom. The zero-order valence-electron chi connectivity index (χ0n) is 22.2. The van der Waals surface area contributed by atoms with Gasteiger partial charge in [0, 0.05) is 10.8 Å². The van der Waals surface area contributed by atoms with Gasteiger partial charge in [-0.05, 0) is 69.1 Å². The second-order valence-corrected chi connectivity index (χ2v) is 10.4. The first kappa shape index (κ1) is 23.4. The van der Waals surface area contributed by atoms with Crippen molar-refractivity contribution in [3.05, 3.63) is 156 Å². The maximum Gasteiger partial charge on any atom is 0.266 e. The first-order valence-electron chi connectivity index (χ1n) is 13.8. The van der Waals surface area contributed by atoms with Crippen LogP contribution in [0.1, 0.15) is 0 Å². The molecule has 0 aliphatic carbocycles. The summed E-state index contributed by atoms with van der Waals surface area (Å²) in [5.74, 6) is 0. The highest BCUT2D eigenvalue weighted by molar-refractivity contribution is 6.14. The van der Waals surface area contributed by atoms with Crippen LogP contribution in [0.3, 0.4) is 0 Å². The van der Waals surface area contributed by atoms with Gasteiger partial charge in [-0.3, -0.25) is 9.20 Å². The van der Waals surface area contributed by atoms with Crippen LogP contribution in [0, 0.1) is 0 Å². The Kier molecular flexibility index (Phi) is 5.29. The van der Waals surface area contributed by atoms with Gasteiger partial charge in [-0.1, -0.05) is 115 Å². The molecule has 0 aliphatic rings. The summed E-state index contributed by atoms with van der Waals surface area (Å²) in [5, 5.41) is 3.66. The second kappa shape index (κ2) is 9.29. The molecule has 0 aliphatic heterocycles. The number of pyridine rings is 1. The van der Waals surface area contributed by atoms with Crippen LogP contribution < -0.4 is 5.56 Å². The summed E-state index contributed by atoms with van der Waals surface area (Å²) < 4.78 is 1.80. The van der Waals surface area contributed by atoms with E-state index in [0.29, 0.717) is 16.6 Å². The fraction of sp³-hybridized carbons (Fsp3) is 0. The molecule has 3 nitrogen and oxygen atoms in total. The number of hydrogen-bond acceptors (Lipinski definition) is 2. The van der Waals surface area contributed by atoms with Gasteiger partial charge < -0.3 is 0 Å². The lowest BCUT2D eigenvalue weighted by Gasteiger charge is -2.15. The Morgan fingerprint density at radius 2 is 0.902 bits per heavy atom. The molecule has 0 fully saturated rings. The fourth-order valence-electron chi connectivity index (χ4n) is 5.93. The molecule has 0 saturated carbocycles. The van der Waals surface area contributed by atoms with Crippen molar-refractivity contribution >= 4 is 38.2 Å². The smallest absolute Gasteiger partial charge is 0.266 e. The predicted octanol–water partition coefficient (Wildman–Crippen LogP) is 9.16. The number of hydrogen-bond donors (Lipinski definition) is 0. The van der Waals surface area contributed by atoms with Crippen LogP contribution in [0.2, 0.25) is 0 Å². The highest BCUT2D eigenvalue weighted by Crippen LogP contribution is 2.35. The predicted molar refractivity (Wildman–Crippen MR) is 170 cm³/mol. The van der Waals surface area contributed by atoms with E-state index in [0.717, 1.165) is 55.1 Å². The molecule has 0 radical (unpaired) electrons. The van der Waals surface area contributed by atoms with Gasteiger partial charge in [0.1, 0.15) is 5.65 Å². The molecule has 2 heterocycles. The number of rotatable bonds is 3. The summed E-state index contributed by atoms with van der Waals surface area (Å²) in [6, 6.07) is 49.7. The Hall–Kier alpha value is -5.54. The highest BCUT2D eigenvalue weighted by atomic mass is 16.1. The van der Waals surface area contributed by atoms with Crippen LogP contribution in [-0.4, -0.2) is 9.38 Å². The molecule has 0 N–H and O–H groups in total. The van der Waals surface area contributed by atoms with Crippen LogP contribution in [0.5, 0.6) is 0 Å². The molecule has 6 aromatic carbocycles. The summed E-state index contributed by atoms with van der Waals surface area (Å²) in [7, 11) is 0. The van der Waals surface area contributed by atoms with E-state index in [4.69, 9.17) is 4.98 Å². The van der Waals surface area contributed by atoms with Crippen molar-refractivity contribution in [2.45, 2.75) is 0 Å². The van der Waals surface area contributed by atoms with Crippen molar-refractivity contribution in [3.63, 3.8) is 0 Å². The van der Waals surface area contributed by atoms with Gasteiger partial charge in [0.2, 0.25) is 0 Å². The Bertz CT molecular complexity index is 2310. The molecule has 3 heteroatoms. The molecule has 0 saturated heterocycles. The summed E-state index contributed by atoms with van der Waals surface area (Å²) in [4.78, 5) is 19.5. The van der Waals surface area contributed by atoms with Crippen molar-refractivity contribution in [2.75, 3.05) is 0 Å². The molecule has 8 aromatic rings. The van der Waals surface area contributed by atoms with Crippen molar-refractivity contribution in [1.82, 2.24) is 9.38 Å². The quantitative estimate of drug-likeness (QED) is 0.171. The van der Waals surface area contributed by atoms with Crippen molar-refractivity contribution < 1.29 is 0 Å². The molecule has 0 spiro atoms. The minimum atomic E-state index is -0.0627. The van der Waals surface area contributed by atoms with E-state index in [1.165, 1.54) is 0 Å². The van der Waals surface area contributed by atoms with E-state index < -0.39 is 0 Å². The second-order valence-electron chi connectivity index (χ2n) is 10.4. The van der Waals surface area contributed by atoms with E-state index in [1.54, 1.807) is 4.40 Å². The van der Waals surface area contributed by atoms with E-state index in [2.05, 4.69) is 84.9 Å². The molecule has 0 unspecified atom stereocenters. The van der Waals surface area contributed by atoms with Crippen molar-refractivity contribution in [3.8, 4) is 33.4 Å². The van der Waals surface area contributed by atoms with Crippen molar-refractivity contribution in [1.29, 1.82) is 0 Å². The zero-order valence-corrected chi connectivity index (χ0v) is 22.2. The Balaban J connectivity index is 1.50. The average molecular weight is 525 g/mol. The summed E-state index contributed by atoms with van der Waals surface area (Å²) in [5.41, 5.74) is 8.69. The first-order chi connectivity index (χ1) is 20.2. The fourth-order valence-corrected chi connectivity index (χ4v) is 5.93. The lowest BCUT2D eigenvalue weighted by atomic mass is 9.96. The molecule has 2 aromatic heterocycles. The minimum absolute atomic E-state index is 0.0627. The Labute approximate surface area is 236 Å². The van der Waals surface area contributed by atoms with Gasteiger partial charge in [0.15, 0.2) is 0 Å². The lowest BCUT2D eigenvalue weighted by Crippen LogP contribution is -2.16. The molecular weight excluding hydrogens is 500 g/mol. The molecular formula is C38H24N2O. The van der Waals surface area contributed by atoms with Gasteiger partial charge in [-0.25, -0.2) is 4.98 Å². The van der Waals surface area contributed by atoms with Crippen LogP contribution in [-0.2, 0) is 0 Å². The van der Waals surface area contributed by atoms with E-state index >= 15 is 0 Å². The van der Waals surface area contributed by atoms with Crippen LogP contribution in [0.4, 0.5) is 0 Å². The van der Waals surface area contributed by atoms with E-state index in [1.807, 2.05) is 60.7 Å². The standard InChI is InChI=1S/C38H24N2O/c41-38-34-24-29(26-12-6-2-7-13-26)17-20-35(34)39-37-33-23-28(25-10-4-1-5-11-25)16-19-31(33)32-22-30(18-21-36(32)40(37)38)27-14-8-3-9-15-27/h1-24H. The molecule has 192 valence electrons. The average Bonchev–Trinajstić information content (AvgIpc) is 3.05. The molecule has 41 heavy (non-hydrogen) atoms. The lowest BCUT2D eigenvalue weighted by molar-refractivity contribution is 1.14. The normalized spacial score (nSPS) is 11.5. The summed E-state index contributed by atoms with van der Waals surface area (Å²) in [6.07, 6.45) is 0. The highest BCUT2D eigenvalue weighted by Gasteiger charge is 2.16. The molecule has 0 atom stereocenters. The third-order valence-corrected chi connectivity index (χ3v) is 7.98. The van der Waals surface area contributed by atoms with Gasteiger partial charge in [-0.15, -0.1) is 0 Å². The number of benzene rings is 6. The molecule has 8 rings (SSSR count). The van der Waals surface area contributed by atoms with E-state index in [-0.39, 0.29) is 5.56 Å². The van der Waals surface area contributed by atoms with Gasteiger partial charge in [0.05, 0.1) is 16.4 Å². The monoisotopic (exact) mass is 524 g/mol. The molecule has 0 bridgehead atoms. The molecule has 0 amide bonds. The summed E-state index contributed by atoms with van der Waals surface area (Å²) >= 11 is 0. The number of aromatic nitrogens is 2. The third-order valence-electron chi connectivity index (χ3n) is 7.98. The largest absolute Gasteiger partial charge is 0.268 e. The maximum absolute atomic E-state index is 14.4. The minimum Gasteiger partial charge on any atom is -0.268 e. The van der Waals surface area contributed by atoms with Crippen LogP contribution in [0.15, 0.2) is 150 Å². The number of fused-ring (bicyclic) bond motifs is 7. The first-order valence-corrected chi connectivity index (χ1v) is 13.8. The van der Waals surface area contributed by atoms with Gasteiger partial charge in [-0.2, -0.15) is 0 Å². The van der Waals surface area contributed by atoms with Gasteiger partial charge in [0.25, 0.3) is 5.56 Å². The van der Waals surface area contributed by atoms with E-state index in [9.17, 15) is 4.79 Å². The zero-order chi connectivity index (χ0) is 27.3. The maximum atomic E-state index is 14.4. The van der Waals surface area contributed by atoms with Gasteiger partial charge >= 0.3 is 0 Å². The Morgan fingerprint density at radius 1 is 0.415 bits per heavy atom. The summed E-state index contributed by atoms with van der Waals surface area (Å²) in [6.45, 7) is 0.